The van der Waals surface area contributed by atoms with Crippen LogP contribution in [-0.4, -0.2) is 43.9 Å². The molecule has 1 aromatic carbocycles. The van der Waals surface area contributed by atoms with Gasteiger partial charge in [0.2, 0.25) is 5.91 Å². The normalized spacial score (nSPS) is 11.3. The Balaban J connectivity index is 2.76. The van der Waals surface area contributed by atoms with Gasteiger partial charge in [0, 0.05) is 25.1 Å². The molecule has 0 heterocycles. The minimum Gasteiger partial charge on any atom is -0.496 e. The number of hydrogen-bond donors (Lipinski definition) is 2. The maximum atomic E-state index is 11.0. The van der Waals surface area contributed by atoms with Crippen molar-refractivity contribution >= 4 is 11.9 Å². The maximum absolute atomic E-state index is 11.0. The minimum atomic E-state index is -1.17. The second-order valence-corrected chi connectivity index (χ2v) is 3.95. The first-order valence-electron chi connectivity index (χ1n) is 5.82. The largest absolute Gasteiger partial charge is 0.496 e. The van der Waals surface area contributed by atoms with Gasteiger partial charge in [0.25, 0.3) is 0 Å². The highest BCUT2D eigenvalue weighted by molar-refractivity contribution is 5.82. The molecule has 0 radical (unpaired) electrons. The van der Waals surface area contributed by atoms with Crippen molar-refractivity contribution in [1.29, 1.82) is 0 Å². The Morgan fingerprint density at radius 1 is 1.15 bits per heavy atom. The van der Waals surface area contributed by atoms with Crippen LogP contribution in [0.1, 0.15) is 6.92 Å². The Kier molecular flexibility index (Phi) is 5.64. The second-order valence-electron chi connectivity index (χ2n) is 3.95. The molecule has 0 bridgehead atoms. The first-order chi connectivity index (χ1) is 9.46. The minimum absolute atomic E-state index is 0.203. The van der Waals surface area contributed by atoms with Crippen LogP contribution in [0, 0.1) is 0 Å². The third-order valence-corrected chi connectivity index (χ3v) is 2.42. The molecule has 0 saturated heterocycles. The summed E-state index contributed by atoms with van der Waals surface area (Å²) in [4.78, 5) is 21.9. The molecule has 1 amide bonds. The first kappa shape index (κ1) is 15.6. The summed E-state index contributed by atoms with van der Waals surface area (Å²) in [5, 5.41) is 11.2. The Morgan fingerprint density at radius 2 is 1.65 bits per heavy atom. The number of hydrogen-bond acceptors (Lipinski definition) is 5. The van der Waals surface area contributed by atoms with Crippen LogP contribution in [0.15, 0.2) is 18.2 Å². The van der Waals surface area contributed by atoms with E-state index in [1.807, 2.05) is 0 Å². The number of carboxylic acids is 1. The average molecular weight is 283 g/mol. The zero-order valence-electron chi connectivity index (χ0n) is 11.5. The SMILES string of the molecule is COc1cc(OC)cc(OCC(NC(C)=O)C(=O)O)c1. The van der Waals surface area contributed by atoms with E-state index in [-0.39, 0.29) is 6.61 Å². The van der Waals surface area contributed by atoms with E-state index in [0.717, 1.165) is 0 Å². The molecule has 0 fully saturated rings. The lowest BCUT2D eigenvalue weighted by Gasteiger charge is -2.15. The predicted molar refractivity (Wildman–Crippen MR) is 70.3 cm³/mol. The van der Waals surface area contributed by atoms with Crippen LogP contribution in [0.2, 0.25) is 0 Å². The average Bonchev–Trinajstić information content (AvgIpc) is 2.42. The van der Waals surface area contributed by atoms with Crippen LogP contribution >= 0.6 is 0 Å². The summed E-state index contributed by atoms with van der Waals surface area (Å²) in [6, 6.07) is 3.73. The summed E-state index contributed by atoms with van der Waals surface area (Å²) >= 11 is 0. The standard InChI is InChI=1S/C13H17NO6/c1-8(15)14-12(13(16)17)7-20-11-5-9(18-2)4-10(6-11)19-3/h4-6,12H,7H2,1-3H3,(H,14,15)(H,16,17). The number of ether oxygens (including phenoxy) is 3. The quantitative estimate of drug-likeness (QED) is 0.764. The molecule has 110 valence electrons. The number of rotatable bonds is 7. The molecule has 0 saturated carbocycles. The van der Waals surface area contributed by atoms with Crippen molar-refractivity contribution in [2.24, 2.45) is 0 Å². The van der Waals surface area contributed by atoms with E-state index >= 15 is 0 Å². The number of carbonyl (C=O) groups is 2. The van der Waals surface area contributed by atoms with E-state index in [2.05, 4.69) is 5.32 Å². The van der Waals surface area contributed by atoms with Gasteiger partial charge in [0.15, 0.2) is 6.04 Å². The molecule has 1 aromatic rings. The Hall–Kier alpha value is -2.44. The number of benzene rings is 1. The van der Waals surface area contributed by atoms with E-state index in [0.29, 0.717) is 17.2 Å². The predicted octanol–water partition coefficient (Wildman–Crippen LogP) is 0.672. The van der Waals surface area contributed by atoms with Gasteiger partial charge in [-0.25, -0.2) is 4.79 Å². The molecule has 0 aliphatic carbocycles. The number of nitrogens with one attached hydrogen (secondary N) is 1. The van der Waals surface area contributed by atoms with Crippen molar-refractivity contribution in [3.05, 3.63) is 18.2 Å². The van der Waals surface area contributed by atoms with Crippen molar-refractivity contribution in [2.75, 3.05) is 20.8 Å². The van der Waals surface area contributed by atoms with E-state index in [1.54, 1.807) is 18.2 Å². The molecule has 0 aliphatic rings. The lowest BCUT2D eigenvalue weighted by molar-refractivity contribution is -0.142. The topological polar surface area (TPSA) is 94.1 Å². The number of amides is 1. The third kappa shape index (κ3) is 4.68. The van der Waals surface area contributed by atoms with Crippen molar-refractivity contribution in [1.82, 2.24) is 5.32 Å². The molecular formula is C13H17NO6. The molecule has 20 heavy (non-hydrogen) atoms. The van der Waals surface area contributed by atoms with Crippen LogP contribution < -0.4 is 19.5 Å². The number of aliphatic carboxylic acids is 1. The van der Waals surface area contributed by atoms with Gasteiger partial charge >= 0.3 is 5.97 Å². The highest BCUT2D eigenvalue weighted by Crippen LogP contribution is 2.27. The van der Waals surface area contributed by atoms with Gasteiger partial charge in [0.1, 0.15) is 23.9 Å². The van der Waals surface area contributed by atoms with Crippen molar-refractivity contribution in [3.8, 4) is 17.2 Å². The van der Waals surface area contributed by atoms with Crippen molar-refractivity contribution < 1.29 is 28.9 Å². The molecule has 1 atom stereocenters. The monoisotopic (exact) mass is 283 g/mol. The van der Waals surface area contributed by atoms with Crippen LogP contribution in [0.3, 0.4) is 0 Å². The summed E-state index contributed by atoms with van der Waals surface area (Å²) in [6.45, 7) is 1.04. The molecule has 1 rings (SSSR count). The first-order valence-corrected chi connectivity index (χ1v) is 5.82. The molecule has 0 aliphatic heterocycles. The lowest BCUT2D eigenvalue weighted by Crippen LogP contribution is -2.43. The van der Waals surface area contributed by atoms with Crippen LogP contribution in [0.4, 0.5) is 0 Å². The van der Waals surface area contributed by atoms with Gasteiger partial charge in [-0.3, -0.25) is 4.79 Å². The molecule has 0 spiro atoms. The highest BCUT2D eigenvalue weighted by atomic mass is 16.5. The maximum Gasteiger partial charge on any atom is 0.329 e. The van der Waals surface area contributed by atoms with E-state index in [9.17, 15) is 9.59 Å². The zero-order valence-corrected chi connectivity index (χ0v) is 11.5. The zero-order chi connectivity index (χ0) is 15.1. The van der Waals surface area contributed by atoms with Crippen molar-refractivity contribution in [3.63, 3.8) is 0 Å². The van der Waals surface area contributed by atoms with E-state index in [1.165, 1.54) is 21.1 Å². The fraction of sp³-hybridized carbons (Fsp3) is 0.385. The lowest BCUT2D eigenvalue weighted by atomic mass is 10.3. The fourth-order valence-corrected chi connectivity index (χ4v) is 1.46. The highest BCUT2D eigenvalue weighted by Gasteiger charge is 2.19. The van der Waals surface area contributed by atoms with E-state index < -0.39 is 17.9 Å². The van der Waals surface area contributed by atoms with Crippen LogP contribution in [0.25, 0.3) is 0 Å². The summed E-state index contributed by atoms with van der Waals surface area (Å²) in [7, 11) is 2.99. The Morgan fingerprint density at radius 3 is 2.05 bits per heavy atom. The van der Waals surface area contributed by atoms with Crippen molar-refractivity contribution in [2.45, 2.75) is 13.0 Å². The van der Waals surface area contributed by atoms with Gasteiger partial charge in [-0.1, -0.05) is 0 Å². The second kappa shape index (κ2) is 7.22. The molecule has 1 unspecified atom stereocenters. The van der Waals surface area contributed by atoms with Gasteiger partial charge in [-0.05, 0) is 0 Å². The molecule has 7 nitrogen and oxygen atoms in total. The Labute approximate surface area is 116 Å². The van der Waals surface area contributed by atoms with Crippen LogP contribution in [0.5, 0.6) is 17.2 Å². The molecule has 2 N–H and O–H groups in total. The number of methoxy groups -OCH3 is 2. The van der Waals surface area contributed by atoms with Gasteiger partial charge in [-0.2, -0.15) is 0 Å². The number of carboxylic acid groups (broad SMARTS) is 1. The third-order valence-electron chi connectivity index (χ3n) is 2.42. The number of carbonyl (C=O) groups excluding carboxylic acids is 1. The van der Waals surface area contributed by atoms with Gasteiger partial charge in [0.05, 0.1) is 14.2 Å². The molecular weight excluding hydrogens is 266 g/mol. The van der Waals surface area contributed by atoms with Gasteiger partial charge < -0.3 is 24.6 Å². The summed E-state index contributed by atoms with van der Waals surface area (Å²) in [5.41, 5.74) is 0. The molecule has 7 heteroatoms. The summed E-state index contributed by atoms with van der Waals surface area (Å²) in [6.07, 6.45) is 0. The fourth-order valence-electron chi connectivity index (χ4n) is 1.46. The Bertz CT molecular complexity index is 465. The van der Waals surface area contributed by atoms with E-state index in [4.69, 9.17) is 19.3 Å². The van der Waals surface area contributed by atoms with Crippen LogP contribution in [-0.2, 0) is 9.59 Å². The summed E-state index contributed by atoms with van der Waals surface area (Å²) < 4.78 is 15.5. The summed E-state index contributed by atoms with van der Waals surface area (Å²) in [5.74, 6) is -0.186. The smallest absolute Gasteiger partial charge is 0.329 e. The molecule has 0 aromatic heterocycles. The van der Waals surface area contributed by atoms with Gasteiger partial charge in [-0.15, -0.1) is 0 Å².